The third kappa shape index (κ3) is 1.34. The van der Waals surface area contributed by atoms with E-state index in [4.69, 9.17) is 4.11 Å². The Morgan fingerprint density at radius 1 is 1.67 bits per heavy atom. The third-order valence-electron chi connectivity index (χ3n) is 2.28. The van der Waals surface area contributed by atoms with Crippen LogP contribution in [0.3, 0.4) is 0 Å². The minimum atomic E-state index is -2.16. The maximum absolute atomic E-state index is 7.35. The molecule has 0 spiro atoms. The fraction of sp³-hybridized carbons (Fsp3) is 0.750. The number of hydrogen-bond donors (Lipinski definition) is 1. The lowest BCUT2D eigenvalue weighted by atomic mass is 9.97. The van der Waals surface area contributed by atoms with Crippen LogP contribution < -0.4 is 5.32 Å². The first-order valence-corrected chi connectivity index (χ1v) is 4.20. The molecule has 12 heavy (non-hydrogen) atoms. The lowest BCUT2D eigenvalue weighted by molar-refractivity contribution is 0.436. The normalized spacial score (nSPS) is 24.5. The summed E-state index contributed by atoms with van der Waals surface area (Å²) in [5.74, 6) is 0.811. The van der Waals surface area contributed by atoms with Crippen LogP contribution >= 0.6 is 0 Å². The van der Waals surface area contributed by atoms with Crippen molar-refractivity contribution in [2.75, 3.05) is 13.1 Å². The summed E-state index contributed by atoms with van der Waals surface area (Å²) in [5, 5.41) is 10.9. The van der Waals surface area contributed by atoms with E-state index in [-0.39, 0.29) is 5.92 Å². The minimum Gasteiger partial charge on any atom is -0.320 e. The summed E-state index contributed by atoms with van der Waals surface area (Å²) in [4.78, 5) is 0. The van der Waals surface area contributed by atoms with Crippen LogP contribution in [0.4, 0.5) is 0 Å². The van der Waals surface area contributed by atoms with Gasteiger partial charge in [-0.15, -0.1) is 10.2 Å². The Labute approximate surface area is 76.2 Å². The van der Waals surface area contributed by atoms with Crippen molar-refractivity contribution < 1.29 is 4.11 Å². The first-order valence-electron chi connectivity index (χ1n) is 5.70. The number of piperidine rings is 1. The molecule has 0 aromatic carbocycles. The van der Waals surface area contributed by atoms with Crippen molar-refractivity contribution in [3.63, 3.8) is 0 Å². The van der Waals surface area contributed by atoms with Gasteiger partial charge in [0.1, 0.15) is 12.2 Å². The topological polar surface area (TPSA) is 42.7 Å². The van der Waals surface area contributed by atoms with Gasteiger partial charge in [-0.1, -0.05) is 0 Å². The number of rotatable bonds is 1. The summed E-state index contributed by atoms with van der Waals surface area (Å²) in [6.45, 7) is -0.333. The summed E-state index contributed by atoms with van der Waals surface area (Å²) in [5.41, 5.74) is 0. The van der Waals surface area contributed by atoms with Crippen LogP contribution in [0.25, 0.3) is 0 Å². The van der Waals surface area contributed by atoms with Gasteiger partial charge < -0.3 is 9.88 Å². The number of nitrogens with one attached hydrogen (secondary N) is 1. The Morgan fingerprint density at radius 2 is 2.50 bits per heavy atom. The fourth-order valence-corrected chi connectivity index (χ4v) is 1.60. The molecular formula is C8H14N4. The van der Waals surface area contributed by atoms with Gasteiger partial charge in [0.15, 0.2) is 0 Å². The van der Waals surface area contributed by atoms with E-state index in [0.717, 1.165) is 25.9 Å². The van der Waals surface area contributed by atoms with Crippen molar-refractivity contribution in [3.05, 3.63) is 12.2 Å². The summed E-state index contributed by atoms with van der Waals surface area (Å²) < 4.78 is 23.3. The Morgan fingerprint density at radius 3 is 3.25 bits per heavy atom. The van der Waals surface area contributed by atoms with E-state index in [1.54, 1.807) is 0 Å². The van der Waals surface area contributed by atoms with E-state index >= 15 is 0 Å². The molecule has 1 fully saturated rings. The van der Waals surface area contributed by atoms with Crippen molar-refractivity contribution in [2.24, 2.45) is 6.98 Å². The highest BCUT2D eigenvalue weighted by atomic mass is 15.2. The number of aromatic nitrogens is 3. The van der Waals surface area contributed by atoms with Gasteiger partial charge in [-0.05, 0) is 25.9 Å². The second-order valence-corrected chi connectivity index (χ2v) is 3.08. The second-order valence-electron chi connectivity index (χ2n) is 3.08. The van der Waals surface area contributed by atoms with Crippen molar-refractivity contribution >= 4 is 0 Å². The maximum atomic E-state index is 7.35. The Balaban J connectivity index is 2.24. The van der Waals surface area contributed by atoms with Crippen LogP contribution in [0.15, 0.2) is 6.33 Å². The first kappa shape index (κ1) is 4.97. The van der Waals surface area contributed by atoms with Gasteiger partial charge in [0.05, 0.1) is 0 Å². The van der Waals surface area contributed by atoms with Gasteiger partial charge in [0, 0.05) is 17.0 Å². The van der Waals surface area contributed by atoms with E-state index in [1.165, 1.54) is 10.9 Å². The fourth-order valence-electron chi connectivity index (χ4n) is 1.60. The Kier molecular flexibility index (Phi) is 1.34. The summed E-state index contributed by atoms with van der Waals surface area (Å²) in [7, 11) is 0. The van der Waals surface area contributed by atoms with Crippen LogP contribution in [-0.2, 0) is 6.98 Å². The monoisotopic (exact) mass is 169 g/mol. The summed E-state index contributed by atoms with van der Waals surface area (Å²) in [6.07, 6.45) is 3.15. The average molecular weight is 169 g/mol. The predicted molar refractivity (Wildman–Crippen MR) is 45.8 cm³/mol. The lowest BCUT2D eigenvalue weighted by Gasteiger charge is -2.21. The van der Waals surface area contributed by atoms with Gasteiger partial charge >= 0.3 is 0 Å². The molecule has 1 aromatic heterocycles. The van der Waals surface area contributed by atoms with Gasteiger partial charge in [0.2, 0.25) is 0 Å². The van der Waals surface area contributed by atoms with Crippen molar-refractivity contribution in [1.82, 2.24) is 20.1 Å². The molecule has 0 unspecified atom stereocenters. The van der Waals surface area contributed by atoms with Crippen LogP contribution in [0, 0.1) is 0 Å². The lowest BCUT2D eigenvalue weighted by Crippen LogP contribution is -2.27. The molecule has 66 valence electrons. The Hall–Kier alpha value is -0.900. The molecule has 1 aliphatic heterocycles. The molecular weight excluding hydrogens is 152 g/mol. The molecule has 0 amide bonds. The molecule has 1 saturated heterocycles. The van der Waals surface area contributed by atoms with Gasteiger partial charge in [-0.2, -0.15) is 0 Å². The number of nitrogens with zero attached hydrogens (tertiary/aromatic N) is 3. The standard InChI is InChI=1S/C8H14N4/c1-12-6-10-11-8(12)7-2-4-9-5-3-7/h6-7,9H,2-5H2,1H3/i1D3. The van der Waals surface area contributed by atoms with E-state index in [1.807, 2.05) is 0 Å². The minimum absolute atomic E-state index is 0.217. The molecule has 1 aliphatic rings. The molecule has 0 atom stereocenters. The van der Waals surface area contributed by atoms with Crippen LogP contribution in [0.2, 0.25) is 0 Å². The van der Waals surface area contributed by atoms with Crippen LogP contribution in [0.5, 0.6) is 0 Å². The zero-order chi connectivity index (χ0) is 10.9. The molecule has 0 saturated carbocycles. The van der Waals surface area contributed by atoms with Gasteiger partial charge in [0.25, 0.3) is 0 Å². The molecule has 2 rings (SSSR count). The van der Waals surface area contributed by atoms with E-state index in [9.17, 15) is 0 Å². The highest BCUT2D eigenvalue weighted by Gasteiger charge is 2.18. The van der Waals surface area contributed by atoms with Crippen molar-refractivity contribution in [3.8, 4) is 0 Å². The molecule has 1 aromatic rings. The molecule has 0 radical (unpaired) electrons. The zero-order valence-electron chi connectivity index (χ0n) is 9.82. The summed E-state index contributed by atoms with van der Waals surface area (Å²) >= 11 is 0. The van der Waals surface area contributed by atoms with Gasteiger partial charge in [-0.25, -0.2) is 0 Å². The SMILES string of the molecule is [2H]C([2H])([2H])n1cnnc1C1CCNCC1. The molecule has 4 nitrogen and oxygen atoms in total. The summed E-state index contributed by atoms with van der Waals surface area (Å²) in [6, 6.07) is 0. The smallest absolute Gasteiger partial charge is 0.135 e. The molecule has 0 aliphatic carbocycles. The molecule has 1 N–H and O–H groups in total. The van der Waals surface area contributed by atoms with Crippen LogP contribution in [0.1, 0.15) is 28.7 Å². The Bertz CT molecular complexity index is 327. The highest BCUT2D eigenvalue weighted by molar-refractivity contribution is 4.97. The molecule has 4 heteroatoms. The molecule has 2 heterocycles. The average Bonchev–Trinajstić information content (AvgIpc) is 2.67. The predicted octanol–water partition coefficient (Wildman–Crippen LogP) is 0.282. The first-order chi connectivity index (χ1) is 7.09. The second kappa shape index (κ2) is 3.23. The van der Waals surface area contributed by atoms with Crippen molar-refractivity contribution in [1.29, 1.82) is 0 Å². The van der Waals surface area contributed by atoms with Gasteiger partial charge in [-0.3, -0.25) is 0 Å². The highest BCUT2D eigenvalue weighted by Crippen LogP contribution is 2.21. The van der Waals surface area contributed by atoms with E-state index < -0.39 is 6.98 Å². The zero-order valence-corrected chi connectivity index (χ0v) is 6.82. The van der Waals surface area contributed by atoms with Crippen molar-refractivity contribution in [2.45, 2.75) is 18.8 Å². The van der Waals surface area contributed by atoms with E-state index in [2.05, 4.69) is 15.5 Å². The maximum Gasteiger partial charge on any atom is 0.135 e. The van der Waals surface area contributed by atoms with Crippen LogP contribution in [-0.4, -0.2) is 27.9 Å². The molecule has 0 bridgehead atoms. The quantitative estimate of drug-likeness (QED) is 0.656. The third-order valence-corrected chi connectivity index (χ3v) is 2.28. The van der Waals surface area contributed by atoms with E-state index in [0.29, 0.717) is 5.82 Å². The largest absolute Gasteiger partial charge is 0.320 e. The number of hydrogen-bond acceptors (Lipinski definition) is 3. The number of aryl methyl sites for hydroxylation is 1.